The lowest BCUT2D eigenvalue weighted by Crippen LogP contribution is -2.41. The van der Waals surface area contributed by atoms with Crippen molar-refractivity contribution in [2.24, 2.45) is 0 Å². The molecule has 0 saturated carbocycles. The number of allylic oxidation sites excluding steroid dienone is 5. The predicted molar refractivity (Wildman–Crippen MR) is 156 cm³/mol. The molecule has 2 aromatic carbocycles. The number of ketones is 2. The minimum Gasteiger partial charge on any atom is -0.490 e. The molecule has 0 fully saturated rings. The summed E-state index contributed by atoms with van der Waals surface area (Å²) < 4.78 is 12.4. The van der Waals surface area contributed by atoms with Gasteiger partial charge in [-0.25, -0.2) is 0 Å². The Morgan fingerprint density at radius 2 is 1.66 bits per heavy atom. The Hall–Kier alpha value is -3.84. The van der Waals surface area contributed by atoms with Gasteiger partial charge in [-0.15, -0.1) is 6.58 Å². The molecule has 0 aromatic heterocycles. The quantitative estimate of drug-likeness (QED) is 0.321. The maximum atomic E-state index is 13.5. The molecule has 2 aromatic rings. The van der Waals surface area contributed by atoms with Crippen molar-refractivity contribution >= 4 is 29.1 Å². The van der Waals surface area contributed by atoms with Gasteiger partial charge in [-0.3, -0.25) is 14.4 Å². The van der Waals surface area contributed by atoms with Crippen molar-refractivity contribution in [3.8, 4) is 11.5 Å². The summed E-state index contributed by atoms with van der Waals surface area (Å²) in [6.45, 7) is 6.25. The molecule has 214 valence electrons. The highest BCUT2D eigenvalue weighted by molar-refractivity contribution is 6.30. The summed E-state index contributed by atoms with van der Waals surface area (Å²) in [7, 11) is 0. The molecule has 41 heavy (non-hydrogen) atoms. The van der Waals surface area contributed by atoms with Gasteiger partial charge in [0.2, 0.25) is 0 Å². The van der Waals surface area contributed by atoms with Crippen LogP contribution in [0.15, 0.2) is 71.6 Å². The van der Waals surface area contributed by atoms with E-state index >= 15 is 0 Å². The van der Waals surface area contributed by atoms with Crippen molar-refractivity contribution in [3.63, 3.8) is 0 Å². The number of hydrogen-bond acceptors (Lipinski definition) is 6. The average molecular weight is 576 g/mol. The van der Waals surface area contributed by atoms with Crippen LogP contribution < -0.4 is 9.47 Å². The molecular weight excluding hydrogens is 542 g/mol. The summed E-state index contributed by atoms with van der Waals surface area (Å²) in [5, 5.41) is 10.4. The average Bonchev–Trinajstić information content (AvgIpc) is 2.94. The zero-order valence-electron chi connectivity index (χ0n) is 23.2. The summed E-state index contributed by atoms with van der Waals surface area (Å²) in [6.07, 6.45) is 5.50. The number of carbonyl (C=O) groups is 3. The first-order valence-electron chi connectivity index (χ1n) is 14.1. The normalized spacial score (nSPS) is 17.4. The summed E-state index contributed by atoms with van der Waals surface area (Å²) in [5.41, 5.74) is 5.08. The smallest absolute Gasteiger partial charge is 0.323 e. The Morgan fingerprint density at radius 3 is 2.22 bits per heavy atom. The van der Waals surface area contributed by atoms with Gasteiger partial charge in [-0.1, -0.05) is 35.9 Å². The fourth-order valence-electron chi connectivity index (χ4n) is 6.20. The molecule has 0 unspecified atom stereocenters. The van der Waals surface area contributed by atoms with Crippen LogP contribution in [-0.4, -0.2) is 40.7 Å². The van der Waals surface area contributed by atoms with E-state index in [1.807, 2.05) is 43.3 Å². The Labute approximate surface area is 245 Å². The van der Waals surface area contributed by atoms with Crippen molar-refractivity contribution in [2.45, 2.75) is 64.4 Å². The number of ether oxygens (including phenoxy) is 2. The van der Waals surface area contributed by atoms with Crippen molar-refractivity contribution < 1.29 is 29.0 Å². The molecule has 0 radical (unpaired) electrons. The minimum absolute atomic E-state index is 0.0390. The summed E-state index contributed by atoms with van der Waals surface area (Å²) in [5.74, 6) is -0.543. The standard InChI is InChI=1S/C33H34ClNO6/c1-3-7-21-16-22(17-28(40-4-2)33(21)41-19-20-12-14-23(34)15-13-20)30-31-24(8-5-10-26(31)36)35(18-29(38)39)25-9-6-11-27(37)32(25)30/h3,12-17,30H,1,4-11,18-19H2,2H3,(H,38,39). The van der Waals surface area contributed by atoms with Gasteiger partial charge in [-0.2, -0.15) is 0 Å². The Bertz CT molecular complexity index is 1410. The van der Waals surface area contributed by atoms with Crippen LogP contribution in [0.5, 0.6) is 11.5 Å². The zero-order valence-corrected chi connectivity index (χ0v) is 24.0. The largest absolute Gasteiger partial charge is 0.490 e. The van der Waals surface area contributed by atoms with Crippen molar-refractivity contribution in [1.29, 1.82) is 0 Å². The van der Waals surface area contributed by atoms with Gasteiger partial charge in [0.1, 0.15) is 13.2 Å². The van der Waals surface area contributed by atoms with Gasteiger partial charge in [0.05, 0.1) is 6.61 Å². The summed E-state index contributed by atoms with van der Waals surface area (Å²) >= 11 is 6.05. The SMILES string of the molecule is C=CCc1cc(C2C3=C(CCCC3=O)N(CC(=O)O)C3=C2C(=O)CCC3)cc(OCC)c1OCc1ccc(Cl)cc1. The number of halogens is 1. The Kier molecular flexibility index (Phi) is 8.64. The van der Waals surface area contributed by atoms with E-state index in [0.717, 1.165) is 28.1 Å². The molecule has 8 heteroatoms. The maximum absolute atomic E-state index is 13.5. The van der Waals surface area contributed by atoms with Crippen LogP contribution in [0.1, 0.15) is 68.1 Å². The molecule has 3 aliphatic rings. The highest BCUT2D eigenvalue weighted by Gasteiger charge is 2.44. The van der Waals surface area contributed by atoms with E-state index in [0.29, 0.717) is 85.8 Å². The lowest BCUT2D eigenvalue weighted by atomic mass is 9.70. The number of rotatable bonds is 10. The van der Waals surface area contributed by atoms with E-state index in [9.17, 15) is 19.5 Å². The first-order valence-corrected chi connectivity index (χ1v) is 14.5. The molecule has 5 rings (SSSR count). The van der Waals surface area contributed by atoms with Crippen LogP contribution in [0, 0.1) is 0 Å². The lowest BCUT2D eigenvalue weighted by molar-refractivity contribution is -0.138. The molecule has 0 atom stereocenters. The van der Waals surface area contributed by atoms with Gasteiger partial charge < -0.3 is 19.5 Å². The van der Waals surface area contributed by atoms with Crippen LogP contribution in [0.4, 0.5) is 0 Å². The minimum atomic E-state index is -0.993. The molecule has 0 bridgehead atoms. The second-order valence-electron chi connectivity index (χ2n) is 10.5. The predicted octanol–water partition coefficient (Wildman–Crippen LogP) is 6.54. The molecule has 0 saturated heterocycles. The third kappa shape index (κ3) is 5.82. The molecule has 1 N–H and O–H groups in total. The monoisotopic (exact) mass is 575 g/mol. The Morgan fingerprint density at radius 1 is 1.02 bits per heavy atom. The summed E-state index contributed by atoms with van der Waals surface area (Å²) in [4.78, 5) is 40.7. The van der Waals surface area contributed by atoms with Gasteiger partial charge in [-0.05, 0) is 68.4 Å². The van der Waals surface area contributed by atoms with Crippen molar-refractivity contribution in [3.05, 3.63) is 93.3 Å². The fourth-order valence-corrected chi connectivity index (χ4v) is 6.32. The van der Waals surface area contributed by atoms with Crippen LogP contribution in [-0.2, 0) is 27.4 Å². The maximum Gasteiger partial charge on any atom is 0.323 e. The van der Waals surface area contributed by atoms with E-state index in [4.69, 9.17) is 21.1 Å². The van der Waals surface area contributed by atoms with Crippen LogP contribution in [0.3, 0.4) is 0 Å². The van der Waals surface area contributed by atoms with Crippen LogP contribution in [0.25, 0.3) is 0 Å². The van der Waals surface area contributed by atoms with E-state index in [2.05, 4.69) is 6.58 Å². The van der Waals surface area contributed by atoms with E-state index in [1.54, 1.807) is 11.0 Å². The highest BCUT2D eigenvalue weighted by atomic mass is 35.5. The van der Waals surface area contributed by atoms with Gasteiger partial charge in [0.15, 0.2) is 23.1 Å². The molecule has 1 heterocycles. The van der Waals surface area contributed by atoms with Crippen LogP contribution >= 0.6 is 11.6 Å². The highest BCUT2D eigenvalue weighted by Crippen LogP contribution is 2.50. The summed E-state index contributed by atoms with van der Waals surface area (Å²) in [6, 6.07) is 11.3. The van der Waals surface area contributed by atoms with E-state index in [-0.39, 0.29) is 18.1 Å². The fraction of sp³-hybridized carbons (Fsp3) is 0.364. The lowest BCUT2D eigenvalue weighted by Gasteiger charge is -2.43. The first kappa shape index (κ1) is 28.7. The van der Waals surface area contributed by atoms with Crippen molar-refractivity contribution in [2.75, 3.05) is 13.2 Å². The first-order chi connectivity index (χ1) is 19.8. The second kappa shape index (κ2) is 12.4. The number of aliphatic carboxylic acids is 1. The number of hydrogen-bond donors (Lipinski definition) is 1. The van der Waals surface area contributed by atoms with Gasteiger partial charge in [0.25, 0.3) is 0 Å². The Balaban J connectivity index is 1.66. The second-order valence-corrected chi connectivity index (χ2v) is 11.0. The number of carboxylic acids is 1. The molecule has 1 aliphatic heterocycles. The molecule has 7 nitrogen and oxygen atoms in total. The molecular formula is C33H34ClNO6. The molecule has 0 amide bonds. The van der Waals surface area contributed by atoms with Crippen LogP contribution in [0.2, 0.25) is 5.02 Å². The number of benzene rings is 2. The zero-order chi connectivity index (χ0) is 29.1. The topological polar surface area (TPSA) is 93.1 Å². The van der Waals surface area contributed by atoms with Crippen molar-refractivity contribution in [1.82, 2.24) is 4.90 Å². The van der Waals surface area contributed by atoms with E-state index in [1.165, 1.54) is 0 Å². The molecule has 0 spiro atoms. The number of Topliss-reactive ketones (excluding diaryl/α,β-unsaturated/α-hetero) is 2. The van der Waals surface area contributed by atoms with Gasteiger partial charge >= 0.3 is 5.97 Å². The van der Waals surface area contributed by atoms with Gasteiger partial charge in [0, 0.05) is 51.9 Å². The number of nitrogens with zero attached hydrogens (tertiary/aromatic N) is 1. The molecule has 2 aliphatic carbocycles. The third-order valence-electron chi connectivity index (χ3n) is 7.83. The third-order valence-corrected chi connectivity index (χ3v) is 8.08. The number of carbonyl (C=O) groups excluding carboxylic acids is 2. The number of carboxylic acid groups (broad SMARTS) is 1. The van der Waals surface area contributed by atoms with E-state index < -0.39 is 11.9 Å².